The second kappa shape index (κ2) is 11.6. The first kappa shape index (κ1) is 24.6. The molecule has 0 amide bonds. The minimum atomic E-state index is -0.190. The second-order valence-corrected chi connectivity index (χ2v) is 12.9. The van der Waals surface area contributed by atoms with Crippen LogP contribution in [-0.4, -0.2) is 0 Å². The largest absolute Gasteiger partial charge is 0.0636 e. The van der Waals surface area contributed by atoms with Crippen molar-refractivity contribution in [2.24, 2.45) is 0 Å². The van der Waals surface area contributed by atoms with Gasteiger partial charge in [0.2, 0.25) is 0 Å². The van der Waals surface area contributed by atoms with E-state index in [1.54, 1.807) is 0 Å². The van der Waals surface area contributed by atoms with Crippen LogP contribution >= 0.6 is 0 Å². The molecule has 10 aromatic carbocycles. The summed E-state index contributed by atoms with van der Waals surface area (Å²) in [5.41, 5.74) is 6.50. The molecule has 0 fully saturated rings. The summed E-state index contributed by atoms with van der Waals surface area (Å²) in [6.45, 7) is 0. The van der Waals surface area contributed by atoms with Crippen molar-refractivity contribution in [1.82, 2.24) is 0 Å². The first-order chi connectivity index (χ1) is 26.5. The van der Waals surface area contributed by atoms with Crippen molar-refractivity contribution in [2.45, 2.75) is 0 Å². The lowest BCUT2D eigenvalue weighted by molar-refractivity contribution is 1.62. The third-order valence-corrected chi connectivity index (χ3v) is 10.1. The molecule has 0 aliphatic heterocycles. The van der Waals surface area contributed by atoms with Gasteiger partial charge in [0.1, 0.15) is 0 Å². The number of fused-ring (bicyclic) bond motifs is 6. The van der Waals surface area contributed by atoms with Crippen LogP contribution in [0.15, 0.2) is 194 Å². The smallest absolute Gasteiger partial charge is 0.0622 e. The first-order valence-electron chi connectivity index (χ1n) is 19.0. The monoisotopic (exact) mass is 636 g/mol. The van der Waals surface area contributed by atoms with Gasteiger partial charge in [-0.05, 0) is 123 Å². The van der Waals surface area contributed by atoms with Crippen molar-refractivity contribution in [1.29, 1.82) is 0 Å². The van der Waals surface area contributed by atoms with E-state index >= 15 is 0 Å². The Morgan fingerprint density at radius 1 is 0.300 bits per heavy atom. The zero-order valence-electron chi connectivity index (χ0n) is 31.2. The van der Waals surface area contributed by atoms with Crippen molar-refractivity contribution in [3.8, 4) is 44.5 Å². The maximum atomic E-state index is 9.97. The van der Waals surface area contributed by atoms with E-state index in [-0.39, 0.29) is 24.2 Å². The molecular weight excluding hydrogens is 601 g/mol. The summed E-state index contributed by atoms with van der Waals surface area (Å²) >= 11 is 0. The first-order valence-corrected chi connectivity index (χ1v) is 17.0. The lowest BCUT2D eigenvalue weighted by Gasteiger charge is -2.19. The van der Waals surface area contributed by atoms with Crippen LogP contribution in [0.2, 0.25) is 0 Å². The number of rotatable bonds is 4. The zero-order valence-corrected chi connectivity index (χ0v) is 27.2. The summed E-state index contributed by atoms with van der Waals surface area (Å²) < 4.78 is 37.9. The summed E-state index contributed by atoms with van der Waals surface area (Å²) in [6.07, 6.45) is 0. The van der Waals surface area contributed by atoms with Crippen LogP contribution in [-0.2, 0) is 0 Å². The standard InChI is InChI=1S/C50H32/c1-3-13-33(14-4-1)37-25-28-46-48(32-37)49(34-15-5-2-6-16-34)44-21-9-10-22-45(44)50(46)40-20-11-19-38(30-40)41-23-12-24-42-43(41)27-26-39-29-35-17-7-8-18-36(35)31-47(39)42/h1-32H/i11D,19D,20D,30D. The molecular formula is C50H32. The van der Waals surface area contributed by atoms with Gasteiger partial charge in [0.15, 0.2) is 0 Å². The van der Waals surface area contributed by atoms with Crippen LogP contribution in [0.1, 0.15) is 5.48 Å². The average molecular weight is 637 g/mol. The minimum Gasteiger partial charge on any atom is -0.0622 e. The van der Waals surface area contributed by atoms with Gasteiger partial charge in [-0.15, -0.1) is 0 Å². The Bertz CT molecular complexity index is 3130. The van der Waals surface area contributed by atoms with E-state index in [0.29, 0.717) is 16.7 Å². The molecule has 0 bridgehead atoms. The summed E-state index contributed by atoms with van der Waals surface area (Å²) in [5, 5.41) is 10.3. The van der Waals surface area contributed by atoms with Gasteiger partial charge in [-0.1, -0.05) is 170 Å². The topological polar surface area (TPSA) is 0 Å². The van der Waals surface area contributed by atoms with E-state index in [0.717, 1.165) is 76.3 Å². The van der Waals surface area contributed by atoms with Crippen LogP contribution in [0.3, 0.4) is 0 Å². The molecule has 0 heterocycles. The van der Waals surface area contributed by atoms with Gasteiger partial charge in [0, 0.05) is 0 Å². The van der Waals surface area contributed by atoms with Gasteiger partial charge in [0.05, 0.1) is 5.48 Å². The van der Waals surface area contributed by atoms with Crippen LogP contribution in [0, 0.1) is 0 Å². The van der Waals surface area contributed by atoms with E-state index in [1.165, 1.54) is 5.39 Å². The summed E-state index contributed by atoms with van der Waals surface area (Å²) in [4.78, 5) is 0. The van der Waals surface area contributed by atoms with Crippen molar-refractivity contribution in [3.05, 3.63) is 194 Å². The third-order valence-electron chi connectivity index (χ3n) is 10.1. The van der Waals surface area contributed by atoms with E-state index in [4.69, 9.17) is 0 Å². The van der Waals surface area contributed by atoms with Crippen molar-refractivity contribution < 1.29 is 5.48 Å². The third kappa shape index (κ3) is 4.61. The molecule has 0 atom stereocenters. The molecule has 0 N–H and O–H groups in total. The minimum absolute atomic E-state index is 0.0816. The fourth-order valence-corrected chi connectivity index (χ4v) is 7.78. The van der Waals surface area contributed by atoms with Gasteiger partial charge >= 0.3 is 0 Å². The van der Waals surface area contributed by atoms with Gasteiger partial charge in [-0.25, -0.2) is 0 Å². The fourth-order valence-electron chi connectivity index (χ4n) is 7.78. The molecule has 0 radical (unpaired) electrons. The van der Waals surface area contributed by atoms with E-state index in [9.17, 15) is 5.48 Å². The van der Waals surface area contributed by atoms with Gasteiger partial charge in [-0.2, -0.15) is 0 Å². The van der Waals surface area contributed by atoms with Crippen LogP contribution in [0.25, 0.3) is 98.4 Å². The second-order valence-electron chi connectivity index (χ2n) is 12.9. The van der Waals surface area contributed by atoms with E-state index in [2.05, 4.69) is 115 Å². The van der Waals surface area contributed by atoms with Crippen molar-refractivity contribution in [3.63, 3.8) is 0 Å². The number of hydrogen-bond acceptors (Lipinski definition) is 0. The Morgan fingerprint density at radius 2 is 0.900 bits per heavy atom. The molecule has 232 valence electrons. The lowest BCUT2D eigenvalue weighted by atomic mass is 9.84. The Labute approximate surface area is 297 Å². The molecule has 0 aliphatic rings. The van der Waals surface area contributed by atoms with Crippen LogP contribution in [0.4, 0.5) is 0 Å². The van der Waals surface area contributed by atoms with Crippen molar-refractivity contribution >= 4 is 53.9 Å². The highest BCUT2D eigenvalue weighted by atomic mass is 14.2. The summed E-state index contributed by atoms with van der Waals surface area (Å²) in [6, 6.07) is 58.0. The molecule has 0 saturated carbocycles. The predicted molar refractivity (Wildman–Crippen MR) is 216 cm³/mol. The molecule has 0 nitrogen and oxygen atoms in total. The number of hydrogen-bond donors (Lipinski definition) is 0. The maximum absolute atomic E-state index is 9.97. The molecule has 0 aromatic heterocycles. The molecule has 0 unspecified atom stereocenters. The van der Waals surface area contributed by atoms with Crippen LogP contribution < -0.4 is 0 Å². The van der Waals surface area contributed by atoms with Crippen LogP contribution in [0.5, 0.6) is 0 Å². The van der Waals surface area contributed by atoms with Gasteiger partial charge < -0.3 is 0 Å². The molecule has 0 spiro atoms. The average Bonchev–Trinajstić information content (AvgIpc) is 3.22. The lowest BCUT2D eigenvalue weighted by Crippen LogP contribution is -1.92. The normalized spacial score (nSPS) is 12.7. The zero-order chi connectivity index (χ0) is 36.5. The summed E-state index contributed by atoms with van der Waals surface area (Å²) in [5.74, 6) is 0. The van der Waals surface area contributed by atoms with Gasteiger partial charge in [0.25, 0.3) is 0 Å². The van der Waals surface area contributed by atoms with E-state index in [1.807, 2.05) is 54.6 Å². The highest BCUT2D eigenvalue weighted by Gasteiger charge is 2.18. The Balaban J connectivity index is 1.31. The summed E-state index contributed by atoms with van der Waals surface area (Å²) in [7, 11) is 0. The predicted octanol–water partition coefficient (Wildman–Crippen LogP) is 14.1. The Hall–Kier alpha value is -6.50. The maximum Gasteiger partial charge on any atom is 0.0636 e. The quantitative estimate of drug-likeness (QED) is 0.133. The SMILES string of the molecule is [2H]c1c([2H])c(-c2c3ccccc3c(-c3ccccc3)c3cc(-c4ccccc4)ccc23)c([2H])c(-c2cccc3c2ccc2cc4ccccc4cc23)c1[2H]. The number of benzene rings is 10. The molecule has 10 rings (SSSR count). The molecule has 0 saturated heterocycles. The van der Waals surface area contributed by atoms with Gasteiger partial charge in [-0.3, -0.25) is 0 Å². The Morgan fingerprint density at radius 3 is 1.68 bits per heavy atom. The Kier molecular flexibility index (Phi) is 5.70. The molecule has 0 heteroatoms. The fraction of sp³-hybridized carbons (Fsp3) is 0. The molecule has 10 aromatic rings. The van der Waals surface area contributed by atoms with E-state index < -0.39 is 0 Å². The molecule has 50 heavy (non-hydrogen) atoms. The highest BCUT2D eigenvalue weighted by molar-refractivity contribution is 6.22. The van der Waals surface area contributed by atoms with Crippen molar-refractivity contribution in [2.75, 3.05) is 0 Å². The highest BCUT2D eigenvalue weighted by Crippen LogP contribution is 2.46. The molecule has 0 aliphatic carbocycles.